The summed E-state index contributed by atoms with van der Waals surface area (Å²) in [7, 11) is 0. The molecule has 6 nitrogen and oxygen atoms in total. The van der Waals surface area contributed by atoms with E-state index in [4.69, 9.17) is 5.73 Å². The lowest BCUT2D eigenvalue weighted by Gasteiger charge is -2.30. The second-order valence-electron chi connectivity index (χ2n) is 4.63. The van der Waals surface area contributed by atoms with Crippen LogP contribution in [0.15, 0.2) is 0 Å². The predicted octanol–water partition coefficient (Wildman–Crippen LogP) is 0.291. The number of anilines is 2. The fourth-order valence-corrected chi connectivity index (χ4v) is 2.04. The Morgan fingerprint density at radius 3 is 2.76 bits per heavy atom. The maximum atomic E-state index is 11.4. The highest BCUT2D eigenvalue weighted by Crippen LogP contribution is 2.29. The van der Waals surface area contributed by atoms with Gasteiger partial charge in [-0.25, -0.2) is 4.68 Å². The van der Waals surface area contributed by atoms with E-state index in [0.717, 1.165) is 18.1 Å². The number of nitrogens with zero attached hydrogens (tertiary/aromatic N) is 3. The van der Waals surface area contributed by atoms with Crippen LogP contribution in [0.1, 0.15) is 25.6 Å². The summed E-state index contributed by atoms with van der Waals surface area (Å²) in [6.07, 6.45) is 0. The Labute approximate surface area is 101 Å². The van der Waals surface area contributed by atoms with E-state index < -0.39 is 0 Å². The van der Waals surface area contributed by atoms with Gasteiger partial charge in [-0.3, -0.25) is 4.79 Å². The summed E-state index contributed by atoms with van der Waals surface area (Å²) in [4.78, 5) is 13.4. The summed E-state index contributed by atoms with van der Waals surface area (Å²) >= 11 is 0. The van der Waals surface area contributed by atoms with Gasteiger partial charge in [0.2, 0.25) is 5.91 Å². The number of amides is 1. The number of aromatic nitrogens is 2. The lowest BCUT2D eigenvalue weighted by molar-refractivity contribution is -0.120. The third kappa shape index (κ3) is 2.07. The zero-order valence-corrected chi connectivity index (χ0v) is 10.5. The van der Waals surface area contributed by atoms with Crippen LogP contribution in [0.4, 0.5) is 11.5 Å². The zero-order valence-electron chi connectivity index (χ0n) is 10.5. The van der Waals surface area contributed by atoms with E-state index >= 15 is 0 Å². The molecule has 1 saturated heterocycles. The van der Waals surface area contributed by atoms with Gasteiger partial charge in [0.05, 0.1) is 17.9 Å². The first-order valence-electron chi connectivity index (χ1n) is 5.87. The largest absolute Gasteiger partial charge is 0.394 e. The van der Waals surface area contributed by atoms with Crippen LogP contribution in [0.3, 0.4) is 0 Å². The van der Waals surface area contributed by atoms with Gasteiger partial charge in [-0.1, -0.05) is 0 Å². The summed E-state index contributed by atoms with van der Waals surface area (Å²) in [6.45, 7) is 7.77. The van der Waals surface area contributed by atoms with Gasteiger partial charge in [-0.05, 0) is 20.8 Å². The summed E-state index contributed by atoms with van der Waals surface area (Å²) < 4.78 is 1.89. The van der Waals surface area contributed by atoms with Crippen molar-refractivity contribution in [1.29, 1.82) is 0 Å². The molecule has 0 aliphatic carbocycles. The molecule has 1 amide bonds. The minimum atomic E-state index is 0.0322. The molecular weight excluding hydrogens is 218 g/mol. The first kappa shape index (κ1) is 11.8. The van der Waals surface area contributed by atoms with Gasteiger partial charge in [0, 0.05) is 19.1 Å². The number of rotatable bonds is 2. The highest BCUT2D eigenvalue weighted by molar-refractivity contribution is 5.84. The van der Waals surface area contributed by atoms with Crippen molar-refractivity contribution in [3.8, 4) is 0 Å². The molecule has 1 aliphatic rings. The number of nitrogens with two attached hydrogens (primary N) is 1. The smallest absolute Gasteiger partial charge is 0.239 e. The van der Waals surface area contributed by atoms with Crippen molar-refractivity contribution in [2.45, 2.75) is 26.8 Å². The number of carbonyl (C=O) groups excluding carboxylic acids is 1. The minimum absolute atomic E-state index is 0.0322. The molecule has 17 heavy (non-hydrogen) atoms. The third-order valence-corrected chi connectivity index (χ3v) is 2.93. The van der Waals surface area contributed by atoms with E-state index in [0.29, 0.717) is 18.8 Å². The second-order valence-corrected chi connectivity index (χ2v) is 4.63. The topological polar surface area (TPSA) is 76.2 Å². The maximum absolute atomic E-state index is 11.4. The number of hydrogen-bond donors (Lipinski definition) is 2. The molecule has 1 aliphatic heterocycles. The van der Waals surface area contributed by atoms with Crippen LogP contribution in [0.2, 0.25) is 0 Å². The van der Waals surface area contributed by atoms with Gasteiger partial charge in [-0.2, -0.15) is 5.10 Å². The Morgan fingerprint density at radius 2 is 2.18 bits per heavy atom. The molecule has 2 heterocycles. The van der Waals surface area contributed by atoms with Gasteiger partial charge in [0.1, 0.15) is 0 Å². The first-order valence-corrected chi connectivity index (χ1v) is 5.87. The Balaban J connectivity index is 2.39. The Bertz CT molecular complexity index is 437. The van der Waals surface area contributed by atoms with Crippen molar-refractivity contribution in [2.24, 2.45) is 0 Å². The Hall–Kier alpha value is -1.72. The standard InChI is InChI=1S/C11H19N5O/c1-7(2)16-11(10(12)8(3)14-16)15-5-4-13-9(17)6-15/h7H,4-6,12H2,1-3H3,(H,13,17). The van der Waals surface area contributed by atoms with Crippen LogP contribution in [-0.4, -0.2) is 35.3 Å². The molecule has 0 radical (unpaired) electrons. The van der Waals surface area contributed by atoms with Gasteiger partial charge in [-0.15, -0.1) is 0 Å². The van der Waals surface area contributed by atoms with Crippen LogP contribution < -0.4 is 16.0 Å². The fourth-order valence-electron chi connectivity index (χ4n) is 2.04. The van der Waals surface area contributed by atoms with Gasteiger partial charge in [0.15, 0.2) is 5.82 Å². The van der Waals surface area contributed by atoms with Crippen molar-refractivity contribution in [2.75, 3.05) is 30.3 Å². The Kier molecular flexibility index (Phi) is 2.95. The van der Waals surface area contributed by atoms with Crippen LogP contribution >= 0.6 is 0 Å². The number of nitrogens with one attached hydrogen (secondary N) is 1. The van der Waals surface area contributed by atoms with Crippen LogP contribution in [0, 0.1) is 6.92 Å². The van der Waals surface area contributed by atoms with Gasteiger partial charge in [0.25, 0.3) is 0 Å². The molecule has 0 atom stereocenters. The van der Waals surface area contributed by atoms with E-state index in [2.05, 4.69) is 24.3 Å². The molecule has 0 spiro atoms. The molecule has 0 saturated carbocycles. The second kappa shape index (κ2) is 4.27. The Morgan fingerprint density at radius 1 is 1.47 bits per heavy atom. The molecule has 6 heteroatoms. The first-order chi connectivity index (χ1) is 8.00. The van der Waals surface area contributed by atoms with Gasteiger partial charge < -0.3 is 16.0 Å². The average molecular weight is 237 g/mol. The predicted molar refractivity (Wildman–Crippen MR) is 67.0 cm³/mol. The molecule has 1 aromatic rings. The number of carbonyl (C=O) groups is 1. The molecule has 3 N–H and O–H groups in total. The third-order valence-electron chi connectivity index (χ3n) is 2.93. The summed E-state index contributed by atoms with van der Waals surface area (Å²) in [6, 6.07) is 0.228. The van der Waals surface area contributed by atoms with Crippen molar-refractivity contribution < 1.29 is 4.79 Å². The summed E-state index contributed by atoms with van der Waals surface area (Å²) in [5, 5.41) is 7.23. The summed E-state index contributed by atoms with van der Waals surface area (Å²) in [5.41, 5.74) is 7.55. The SMILES string of the molecule is Cc1nn(C(C)C)c(N2CCNC(=O)C2)c1N. The van der Waals surface area contributed by atoms with E-state index in [9.17, 15) is 4.79 Å². The number of piperazine rings is 1. The fraction of sp³-hybridized carbons (Fsp3) is 0.636. The van der Waals surface area contributed by atoms with Crippen molar-refractivity contribution in [3.63, 3.8) is 0 Å². The molecule has 1 fully saturated rings. The highest BCUT2D eigenvalue weighted by atomic mass is 16.2. The van der Waals surface area contributed by atoms with Gasteiger partial charge >= 0.3 is 0 Å². The quantitative estimate of drug-likeness (QED) is 0.775. The lowest BCUT2D eigenvalue weighted by atomic mass is 10.3. The van der Waals surface area contributed by atoms with E-state index in [1.165, 1.54) is 0 Å². The van der Waals surface area contributed by atoms with Crippen molar-refractivity contribution >= 4 is 17.4 Å². The van der Waals surface area contributed by atoms with Crippen LogP contribution in [0.5, 0.6) is 0 Å². The normalized spacial score (nSPS) is 16.5. The highest BCUT2D eigenvalue weighted by Gasteiger charge is 2.24. The molecule has 1 aromatic heterocycles. The maximum Gasteiger partial charge on any atom is 0.239 e. The van der Waals surface area contributed by atoms with E-state index in [-0.39, 0.29) is 11.9 Å². The molecule has 0 bridgehead atoms. The lowest BCUT2D eigenvalue weighted by Crippen LogP contribution is -2.48. The van der Waals surface area contributed by atoms with Crippen LogP contribution in [-0.2, 0) is 4.79 Å². The average Bonchev–Trinajstić information content (AvgIpc) is 2.56. The molecular formula is C11H19N5O. The monoisotopic (exact) mass is 237 g/mol. The summed E-state index contributed by atoms with van der Waals surface area (Å²) in [5.74, 6) is 0.900. The number of aryl methyl sites for hydroxylation is 1. The van der Waals surface area contributed by atoms with Crippen molar-refractivity contribution in [3.05, 3.63) is 5.69 Å². The molecule has 0 aromatic carbocycles. The number of nitrogen functional groups attached to an aromatic ring is 1. The molecule has 2 rings (SSSR count). The van der Waals surface area contributed by atoms with E-state index in [1.54, 1.807) is 0 Å². The zero-order chi connectivity index (χ0) is 12.6. The minimum Gasteiger partial charge on any atom is -0.394 e. The molecule has 0 unspecified atom stereocenters. The van der Waals surface area contributed by atoms with Crippen LogP contribution in [0.25, 0.3) is 0 Å². The van der Waals surface area contributed by atoms with E-state index in [1.807, 2.05) is 16.5 Å². The number of hydrogen-bond acceptors (Lipinski definition) is 4. The molecule has 94 valence electrons. The van der Waals surface area contributed by atoms with Crippen molar-refractivity contribution in [1.82, 2.24) is 15.1 Å².